The zero-order valence-electron chi connectivity index (χ0n) is 7.59. The summed E-state index contributed by atoms with van der Waals surface area (Å²) in [6, 6.07) is -0.686. The molecule has 1 saturated heterocycles. The summed E-state index contributed by atoms with van der Waals surface area (Å²) in [7, 11) is 0. The number of piperidine rings is 1. The fourth-order valence-corrected chi connectivity index (χ4v) is 1.44. The van der Waals surface area contributed by atoms with Gasteiger partial charge >= 0.3 is 0 Å². The Kier molecular flexibility index (Phi) is 2.85. The summed E-state index contributed by atoms with van der Waals surface area (Å²) in [4.78, 5) is 12.4. The average Bonchev–Trinajstić information content (AvgIpc) is 2.01. The highest BCUT2D eigenvalue weighted by molar-refractivity contribution is 5.81. The van der Waals surface area contributed by atoms with E-state index in [2.05, 4.69) is 0 Å². The summed E-state index contributed by atoms with van der Waals surface area (Å²) in [5.74, 6) is -3.12. The van der Waals surface area contributed by atoms with Crippen molar-refractivity contribution in [1.29, 1.82) is 0 Å². The molecular weight excluding hydrogens is 178 g/mol. The van der Waals surface area contributed by atoms with E-state index in [0.717, 1.165) is 4.90 Å². The van der Waals surface area contributed by atoms with Gasteiger partial charge in [0, 0.05) is 13.0 Å². The smallest absolute Gasteiger partial charge is 0.265 e. The lowest BCUT2D eigenvalue weighted by molar-refractivity contribution is -0.142. The molecule has 1 rings (SSSR count). The third-order valence-electron chi connectivity index (χ3n) is 2.09. The molecule has 13 heavy (non-hydrogen) atoms. The van der Waals surface area contributed by atoms with Crippen molar-refractivity contribution in [3.05, 3.63) is 0 Å². The number of halogens is 2. The molecule has 2 N–H and O–H groups in total. The van der Waals surface area contributed by atoms with Crippen molar-refractivity contribution in [3.8, 4) is 0 Å². The molecule has 0 aromatic rings. The molecule has 0 bridgehead atoms. The molecule has 1 heterocycles. The van der Waals surface area contributed by atoms with E-state index in [9.17, 15) is 13.6 Å². The number of hydrogen-bond acceptors (Lipinski definition) is 2. The van der Waals surface area contributed by atoms with E-state index in [4.69, 9.17) is 5.73 Å². The number of amides is 1. The van der Waals surface area contributed by atoms with Crippen LogP contribution in [-0.4, -0.2) is 35.9 Å². The van der Waals surface area contributed by atoms with Gasteiger partial charge in [-0.05, 0) is 13.3 Å². The first-order chi connectivity index (χ1) is 5.92. The van der Waals surface area contributed by atoms with Crippen LogP contribution in [0.1, 0.15) is 19.8 Å². The number of alkyl halides is 2. The second kappa shape index (κ2) is 3.57. The van der Waals surface area contributed by atoms with Crippen LogP contribution in [0, 0.1) is 0 Å². The van der Waals surface area contributed by atoms with E-state index in [0.29, 0.717) is 13.0 Å². The fourth-order valence-electron chi connectivity index (χ4n) is 1.44. The van der Waals surface area contributed by atoms with Crippen LogP contribution in [-0.2, 0) is 4.79 Å². The number of likely N-dealkylation sites (tertiary alicyclic amines) is 1. The predicted molar refractivity (Wildman–Crippen MR) is 44.4 cm³/mol. The average molecular weight is 192 g/mol. The highest BCUT2D eigenvalue weighted by Gasteiger charge is 2.37. The quantitative estimate of drug-likeness (QED) is 0.661. The zero-order chi connectivity index (χ0) is 10.1. The van der Waals surface area contributed by atoms with Crippen LogP contribution in [0.2, 0.25) is 0 Å². The summed E-state index contributed by atoms with van der Waals surface area (Å²) < 4.78 is 25.7. The molecule has 0 aromatic carbocycles. The van der Waals surface area contributed by atoms with Gasteiger partial charge in [0.1, 0.15) is 0 Å². The van der Waals surface area contributed by atoms with Gasteiger partial charge in [0.2, 0.25) is 5.91 Å². The highest BCUT2D eigenvalue weighted by atomic mass is 19.3. The lowest BCUT2D eigenvalue weighted by atomic mass is 10.1. The first kappa shape index (κ1) is 10.4. The molecular formula is C8H14F2N2O. The molecule has 5 heteroatoms. The first-order valence-corrected chi connectivity index (χ1v) is 4.34. The van der Waals surface area contributed by atoms with E-state index in [-0.39, 0.29) is 12.3 Å². The van der Waals surface area contributed by atoms with Gasteiger partial charge in [-0.1, -0.05) is 0 Å². The number of rotatable bonds is 1. The van der Waals surface area contributed by atoms with Gasteiger partial charge in [-0.3, -0.25) is 4.79 Å². The second-order valence-corrected chi connectivity index (χ2v) is 3.51. The lowest BCUT2D eigenvalue weighted by Crippen LogP contribution is -2.50. The fraction of sp³-hybridized carbons (Fsp3) is 0.875. The number of nitrogens with zero attached hydrogens (tertiary/aromatic N) is 1. The molecule has 1 fully saturated rings. The van der Waals surface area contributed by atoms with Crippen LogP contribution in [0.5, 0.6) is 0 Å². The maximum absolute atomic E-state index is 12.8. The maximum atomic E-state index is 12.8. The molecule has 1 amide bonds. The van der Waals surface area contributed by atoms with Crippen LogP contribution in [0.4, 0.5) is 8.78 Å². The minimum Gasteiger partial charge on any atom is -0.335 e. The van der Waals surface area contributed by atoms with Crippen molar-refractivity contribution in [1.82, 2.24) is 4.90 Å². The zero-order valence-corrected chi connectivity index (χ0v) is 7.59. The molecule has 0 aliphatic carbocycles. The van der Waals surface area contributed by atoms with Crippen molar-refractivity contribution in [3.63, 3.8) is 0 Å². The summed E-state index contributed by atoms with van der Waals surface area (Å²) in [6.07, 6.45) is 0.223. The molecule has 1 aliphatic rings. The van der Waals surface area contributed by atoms with Crippen LogP contribution in [0.3, 0.4) is 0 Å². The molecule has 76 valence electrons. The summed E-state index contributed by atoms with van der Waals surface area (Å²) in [6.45, 7) is 1.43. The minimum atomic E-state index is -2.73. The normalized spacial score (nSPS) is 24.2. The summed E-state index contributed by atoms with van der Waals surface area (Å²) >= 11 is 0. The van der Waals surface area contributed by atoms with Crippen molar-refractivity contribution in [2.75, 3.05) is 13.1 Å². The Morgan fingerprint density at radius 1 is 1.62 bits per heavy atom. The Bertz CT molecular complexity index is 206. The van der Waals surface area contributed by atoms with E-state index < -0.39 is 18.5 Å². The van der Waals surface area contributed by atoms with Gasteiger partial charge in [-0.15, -0.1) is 0 Å². The molecule has 0 aromatic heterocycles. The largest absolute Gasteiger partial charge is 0.335 e. The number of nitrogens with two attached hydrogens (primary N) is 1. The van der Waals surface area contributed by atoms with E-state index in [1.54, 1.807) is 0 Å². The van der Waals surface area contributed by atoms with E-state index >= 15 is 0 Å². The van der Waals surface area contributed by atoms with Gasteiger partial charge in [0.05, 0.1) is 12.6 Å². The Labute approximate surface area is 75.9 Å². The third-order valence-corrected chi connectivity index (χ3v) is 2.09. The molecule has 1 aliphatic heterocycles. The number of carbonyl (C=O) groups is 1. The maximum Gasteiger partial charge on any atom is 0.265 e. The van der Waals surface area contributed by atoms with Gasteiger partial charge in [-0.2, -0.15) is 0 Å². The highest BCUT2D eigenvalue weighted by Crippen LogP contribution is 2.26. The first-order valence-electron chi connectivity index (χ1n) is 4.34. The Morgan fingerprint density at radius 2 is 2.23 bits per heavy atom. The lowest BCUT2D eigenvalue weighted by Gasteiger charge is -2.33. The molecule has 0 unspecified atom stereocenters. The second-order valence-electron chi connectivity index (χ2n) is 3.51. The molecule has 0 radical (unpaired) electrons. The molecule has 0 spiro atoms. The molecule has 0 saturated carbocycles. The van der Waals surface area contributed by atoms with E-state index in [1.165, 1.54) is 6.92 Å². The van der Waals surface area contributed by atoms with Crippen LogP contribution >= 0.6 is 0 Å². The van der Waals surface area contributed by atoms with Gasteiger partial charge in [0.25, 0.3) is 5.92 Å². The molecule has 3 nitrogen and oxygen atoms in total. The van der Waals surface area contributed by atoms with E-state index in [1.807, 2.05) is 0 Å². The minimum absolute atomic E-state index is 0.129. The van der Waals surface area contributed by atoms with Crippen molar-refractivity contribution >= 4 is 5.91 Å². The predicted octanol–water partition coefficient (Wildman–Crippen LogP) is 0.591. The Hall–Kier alpha value is -0.710. The third kappa shape index (κ3) is 2.62. The standard InChI is InChI=1S/C8H14F2N2O/c1-6(11)7(13)12-4-2-3-8(9,10)5-12/h6H,2-5,11H2,1H3/t6-/m1/s1. The molecule has 1 atom stereocenters. The van der Waals surface area contributed by atoms with Crippen molar-refractivity contribution in [2.24, 2.45) is 5.73 Å². The Balaban J connectivity index is 2.57. The van der Waals surface area contributed by atoms with Crippen molar-refractivity contribution in [2.45, 2.75) is 31.7 Å². The van der Waals surface area contributed by atoms with Gasteiger partial charge in [-0.25, -0.2) is 8.78 Å². The summed E-state index contributed by atoms with van der Waals surface area (Å²) in [5.41, 5.74) is 5.32. The van der Waals surface area contributed by atoms with Gasteiger partial charge in [0.15, 0.2) is 0 Å². The van der Waals surface area contributed by atoms with Crippen LogP contribution in [0.25, 0.3) is 0 Å². The monoisotopic (exact) mass is 192 g/mol. The number of carbonyl (C=O) groups excluding carboxylic acids is 1. The van der Waals surface area contributed by atoms with Crippen molar-refractivity contribution < 1.29 is 13.6 Å². The SMILES string of the molecule is C[C@@H](N)C(=O)N1CCCC(F)(F)C1. The summed E-state index contributed by atoms with van der Waals surface area (Å²) in [5, 5.41) is 0. The van der Waals surface area contributed by atoms with Crippen LogP contribution in [0.15, 0.2) is 0 Å². The van der Waals surface area contributed by atoms with Gasteiger partial charge < -0.3 is 10.6 Å². The van der Waals surface area contributed by atoms with Crippen LogP contribution < -0.4 is 5.73 Å². The number of hydrogen-bond donors (Lipinski definition) is 1. The Morgan fingerprint density at radius 3 is 2.69 bits per heavy atom. The topological polar surface area (TPSA) is 46.3 Å².